The van der Waals surface area contributed by atoms with E-state index in [4.69, 9.17) is 4.74 Å². The Labute approximate surface area is 117 Å². The molecule has 1 N–H and O–H groups in total. The maximum Gasteiger partial charge on any atom is 0.240 e. The number of benzene rings is 1. The van der Waals surface area contributed by atoms with Crippen LogP contribution in [-0.2, 0) is 16.4 Å². The first-order valence-corrected chi connectivity index (χ1v) is 7.48. The highest BCUT2D eigenvalue weighted by Gasteiger charge is 2.13. The predicted octanol–water partition coefficient (Wildman–Crippen LogP) is 1.01. The first-order chi connectivity index (χ1) is 9.62. The molecule has 1 aromatic heterocycles. The zero-order valence-corrected chi connectivity index (χ0v) is 11.8. The number of rotatable bonds is 6. The summed E-state index contributed by atoms with van der Waals surface area (Å²) in [6.45, 7) is 0.293. The van der Waals surface area contributed by atoms with Gasteiger partial charge in [0, 0.05) is 18.9 Å². The summed E-state index contributed by atoms with van der Waals surface area (Å²) in [5.74, 6) is 0.616. The fourth-order valence-corrected chi connectivity index (χ4v) is 2.66. The molecule has 106 valence electrons. The van der Waals surface area contributed by atoms with E-state index >= 15 is 0 Å². The highest BCUT2D eigenvalue weighted by molar-refractivity contribution is 7.89. The number of nitrogens with one attached hydrogen (secondary N) is 1. The molecule has 0 fully saturated rings. The van der Waals surface area contributed by atoms with Gasteiger partial charge in [0.05, 0.1) is 12.0 Å². The number of sulfonamides is 1. The number of hydrogen-bond donors (Lipinski definition) is 1. The van der Waals surface area contributed by atoms with Gasteiger partial charge in [0.25, 0.3) is 0 Å². The molecule has 7 heteroatoms. The highest BCUT2D eigenvalue weighted by atomic mass is 32.2. The lowest BCUT2D eigenvalue weighted by atomic mass is 10.2. The number of hydrogen-bond acceptors (Lipinski definition) is 5. The molecule has 2 rings (SSSR count). The normalized spacial score (nSPS) is 11.2. The molecule has 0 saturated heterocycles. The molecule has 20 heavy (non-hydrogen) atoms. The van der Waals surface area contributed by atoms with Crippen LogP contribution < -0.4 is 9.46 Å². The molecule has 1 aromatic carbocycles. The maximum atomic E-state index is 12.0. The molecule has 0 bridgehead atoms. The van der Waals surface area contributed by atoms with Gasteiger partial charge in [0.1, 0.15) is 12.1 Å². The molecule has 0 aliphatic heterocycles. The van der Waals surface area contributed by atoms with Crippen molar-refractivity contribution in [3.05, 3.63) is 48.5 Å². The average Bonchev–Trinajstić information content (AvgIpc) is 2.48. The van der Waals surface area contributed by atoms with Crippen LogP contribution in [0.4, 0.5) is 0 Å². The number of aromatic nitrogens is 2. The van der Waals surface area contributed by atoms with Crippen LogP contribution >= 0.6 is 0 Å². The quantitative estimate of drug-likeness (QED) is 0.859. The summed E-state index contributed by atoms with van der Waals surface area (Å²) >= 11 is 0. The van der Waals surface area contributed by atoms with Crippen molar-refractivity contribution in [3.8, 4) is 5.75 Å². The standard InChI is InChI=1S/C13H15N3O3S/c1-19-12-2-4-13(5-3-12)20(17,18)16-7-6-11-8-14-10-15-9-11/h2-5,8-10,16H,6-7H2,1H3. The lowest BCUT2D eigenvalue weighted by Crippen LogP contribution is -2.26. The third-order valence-electron chi connectivity index (χ3n) is 2.69. The van der Waals surface area contributed by atoms with E-state index < -0.39 is 10.0 Å². The van der Waals surface area contributed by atoms with E-state index in [1.54, 1.807) is 24.5 Å². The van der Waals surface area contributed by atoms with E-state index in [-0.39, 0.29) is 4.90 Å². The van der Waals surface area contributed by atoms with E-state index in [9.17, 15) is 8.42 Å². The predicted molar refractivity (Wildman–Crippen MR) is 73.9 cm³/mol. The Balaban J connectivity index is 1.96. The van der Waals surface area contributed by atoms with Crippen molar-refractivity contribution in [1.29, 1.82) is 0 Å². The summed E-state index contributed by atoms with van der Waals surface area (Å²) in [7, 11) is -1.97. The van der Waals surface area contributed by atoms with Crippen LogP contribution in [0.1, 0.15) is 5.56 Å². The largest absolute Gasteiger partial charge is 0.497 e. The van der Waals surface area contributed by atoms with Crippen molar-refractivity contribution in [2.75, 3.05) is 13.7 Å². The minimum atomic E-state index is -3.50. The van der Waals surface area contributed by atoms with Crippen LogP contribution in [0.5, 0.6) is 5.75 Å². The van der Waals surface area contributed by atoms with Crippen molar-refractivity contribution >= 4 is 10.0 Å². The van der Waals surface area contributed by atoms with Gasteiger partial charge >= 0.3 is 0 Å². The van der Waals surface area contributed by atoms with Gasteiger partial charge in [-0.25, -0.2) is 23.1 Å². The monoisotopic (exact) mass is 293 g/mol. The molecule has 2 aromatic rings. The molecule has 0 aliphatic rings. The Hall–Kier alpha value is -1.99. The minimum Gasteiger partial charge on any atom is -0.497 e. The van der Waals surface area contributed by atoms with E-state index in [0.29, 0.717) is 18.7 Å². The van der Waals surface area contributed by atoms with E-state index in [0.717, 1.165) is 5.56 Å². The van der Waals surface area contributed by atoms with E-state index in [1.807, 2.05) is 0 Å². The molecule has 6 nitrogen and oxygen atoms in total. The lowest BCUT2D eigenvalue weighted by Gasteiger charge is -2.07. The first kappa shape index (κ1) is 14.4. The van der Waals surface area contributed by atoms with Gasteiger partial charge in [-0.15, -0.1) is 0 Å². The van der Waals surface area contributed by atoms with Crippen LogP contribution in [0.2, 0.25) is 0 Å². The second kappa shape index (κ2) is 6.44. The zero-order valence-electron chi connectivity index (χ0n) is 11.0. The maximum absolute atomic E-state index is 12.0. The topological polar surface area (TPSA) is 81.2 Å². The van der Waals surface area contributed by atoms with Gasteiger partial charge in [0.2, 0.25) is 10.0 Å². The third kappa shape index (κ3) is 3.75. The number of methoxy groups -OCH3 is 1. The fraction of sp³-hybridized carbons (Fsp3) is 0.231. The Morgan fingerprint density at radius 3 is 2.40 bits per heavy atom. The molecule has 0 amide bonds. The van der Waals surface area contributed by atoms with Crippen LogP contribution in [0.15, 0.2) is 47.9 Å². The summed E-state index contributed by atoms with van der Waals surface area (Å²) in [4.78, 5) is 7.96. The highest BCUT2D eigenvalue weighted by Crippen LogP contribution is 2.15. The molecular formula is C13H15N3O3S. The fourth-order valence-electron chi connectivity index (χ4n) is 1.63. The molecule has 0 spiro atoms. The van der Waals surface area contributed by atoms with Gasteiger partial charge in [0.15, 0.2) is 0 Å². The Bertz CT molecular complexity index is 642. The summed E-state index contributed by atoms with van der Waals surface area (Å²) < 4.78 is 31.6. The summed E-state index contributed by atoms with van der Waals surface area (Å²) in [6.07, 6.45) is 5.30. The molecule has 0 saturated carbocycles. The second-order valence-electron chi connectivity index (χ2n) is 4.07. The van der Waals surface area contributed by atoms with E-state index in [2.05, 4.69) is 14.7 Å². The van der Waals surface area contributed by atoms with Gasteiger partial charge in [-0.3, -0.25) is 0 Å². The molecule has 0 unspecified atom stereocenters. The SMILES string of the molecule is COc1ccc(S(=O)(=O)NCCc2cncnc2)cc1. The summed E-state index contributed by atoms with van der Waals surface area (Å²) in [5.41, 5.74) is 0.880. The van der Waals surface area contributed by atoms with Crippen molar-refractivity contribution < 1.29 is 13.2 Å². The van der Waals surface area contributed by atoms with Crippen LogP contribution in [-0.4, -0.2) is 32.0 Å². The second-order valence-corrected chi connectivity index (χ2v) is 5.84. The van der Waals surface area contributed by atoms with Gasteiger partial charge in [-0.05, 0) is 36.2 Å². The zero-order chi connectivity index (χ0) is 14.4. The van der Waals surface area contributed by atoms with Gasteiger partial charge in [-0.1, -0.05) is 0 Å². The van der Waals surface area contributed by atoms with Crippen LogP contribution in [0.3, 0.4) is 0 Å². The van der Waals surface area contributed by atoms with Crippen LogP contribution in [0, 0.1) is 0 Å². The minimum absolute atomic E-state index is 0.211. The summed E-state index contributed by atoms with van der Waals surface area (Å²) in [5, 5.41) is 0. The summed E-state index contributed by atoms with van der Waals surface area (Å²) in [6, 6.07) is 6.23. The van der Waals surface area contributed by atoms with Crippen molar-refractivity contribution in [2.45, 2.75) is 11.3 Å². The first-order valence-electron chi connectivity index (χ1n) is 5.99. The Morgan fingerprint density at radius 1 is 1.15 bits per heavy atom. The van der Waals surface area contributed by atoms with Crippen molar-refractivity contribution in [2.24, 2.45) is 0 Å². The Morgan fingerprint density at radius 2 is 1.80 bits per heavy atom. The number of ether oxygens (including phenoxy) is 1. The molecular weight excluding hydrogens is 278 g/mol. The third-order valence-corrected chi connectivity index (χ3v) is 4.17. The molecule has 1 heterocycles. The van der Waals surface area contributed by atoms with Crippen LogP contribution in [0.25, 0.3) is 0 Å². The lowest BCUT2D eigenvalue weighted by molar-refractivity contribution is 0.414. The average molecular weight is 293 g/mol. The molecule has 0 radical (unpaired) electrons. The molecule has 0 atom stereocenters. The Kier molecular flexibility index (Phi) is 4.65. The van der Waals surface area contributed by atoms with Gasteiger partial charge in [-0.2, -0.15) is 0 Å². The smallest absolute Gasteiger partial charge is 0.240 e. The molecule has 0 aliphatic carbocycles. The van der Waals surface area contributed by atoms with Crippen molar-refractivity contribution in [1.82, 2.24) is 14.7 Å². The van der Waals surface area contributed by atoms with E-state index in [1.165, 1.54) is 25.6 Å². The van der Waals surface area contributed by atoms with Crippen molar-refractivity contribution in [3.63, 3.8) is 0 Å². The van der Waals surface area contributed by atoms with Gasteiger partial charge < -0.3 is 4.74 Å². The number of nitrogens with zero attached hydrogens (tertiary/aromatic N) is 2.